The number of hydrogen-bond acceptors (Lipinski definition) is 4. The molecule has 2 rings (SSSR count). The van der Waals surface area contributed by atoms with Crippen LogP contribution in [-0.4, -0.2) is 29.4 Å². The molecule has 17 heavy (non-hydrogen) atoms. The summed E-state index contributed by atoms with van der Waals surface area (Å²) in [6.07, 6.45) is 1.17. The van der Waals surface area contributed by atoms with Gasteiger partial charge >= 0.3 is 7.12 Å². The summed E-state index contributed by atoms with van der Waals surface area (Å²) in [5, 5.41) is 9.46. The lowest BCUT2D eigenvalue weighted by molar-refractivity contribution is 0.137. The average molecular weight is 235 g/mol. The van der Waals surface area contributed by atoms with Crippen LogP contribution in [0, 0.1) is 6.92 Å². The van der Waals surface area contributed by atoms with Gasteiger partial charge in [-0.1, -0.05) is 0 Å². The van der Waals surface area contributed by atoms with Crippen LogP contribution in [-0.2, 0) is 9.31 Å². The summed E-state index contributed by atoms with van der Waals surface area (Å²) in [6, 6.07) is 1.87. The molecule has 4 nitrogen and oxygen atoms in total. The summed E-state index contributed by atoms with van der Waals surface area (Å²) in [7, 11) is -0.347. The Kier molecular flexibility index (Phi) is 3.25. The zero-order valence-electron chi connectivity index (χ0n) is 10.7. The highest BCUT2D eigenvalue weighted by Crippen LogP contribution is 2.20. The van der Waals surface area contributed by atoms with E-state index in [1.165, 1.54) is 0 Å². The predicted octanol–water partition coefficient (Wildman–Crippen LogP) is 0.964. The molecular formula is C12H18BNO3. The number of aliphatic hydroxyl groups excluding tert-OH is 1. The van der Waals surface area contributed by atoms with Crippen LogP contribution in [0.1, 0.15) is 38.1 Å². The Morgan fingerprint density at radius 2 is 2.24 bits per heavy atom. The van der Waals surface area contributed by atoms with Crippen molar-refractivity contribution in [1.82, 2.24) is 4.98 Å². The van der Waals surface area contributed by atoms with Gasteiger partial charge in [-0.3, -0.25) is 4.98 Å². The Hall–Kier alpha value is -0.905. The normalized spacial score (nSPS) is 20.6. The number of rotatable bonds is 2. The Morgan fingerprint density at radius 1 is 1.53 bits per heavy atom. The molecule has 0 amide bonds. The Bertz CT molecular complexity index is 420. The molecule has 0 radical (unpaired) electrons. The molecule has 1 aliphatic rings. The SMILES string of the molecule is Cc1cc([C@@H](C)O)ncc1B1OCC(C)(C)O1. The van der Waals surface area contributed by atoms with Crippen LogP contribution in [0.15, 0.2) is 12.3 Å². The molecule has 1 N–H and O–H groups in total. The molecule has 1 aromatic rings. The predicted molar refractivity (Wildman–Crippen MR) is 66.1 cm³/mol. The summed E-state index contributed by atoms with van der Waals surface area (Å²) in [4.78, 5) is 4.22. The lowest BCUT2D eigenvalue weighted by atomic mass is 9.77. The van der Waals surface area contributed by atoms with Gasteiger partial charge in [-0.05, 0) is 39.3 Å². The smallest absolute Gasteiger partial charge is 0.404 e. The van der Waals surface area contributed by atoms with Crippen molar-refractivity contribution in [2.45, 2.75) is 39.4 Å². The molecule has 1 saturated heterocycles. The fraction of sp³-hybridized carbons (Fsp3) is 0.583. The molecule has 2 heterocycles. The van der Waals surface area contributed by atoms with Crippen molar-refractivity contribution in [2.24, 2.45) is 0 Å². The average Bonchev–Trinajstić information content (AvgIpc) is 2.58. The van der Waals surface area contributed by atoms with Crippen molar-refractivity contribution in [2.75, 3.05) is 6.61 Å². The largest absolute Gasteiger partial charge is 0.496 e. The molecule has 1 aliphatic heterocycles. The van der Waals surface area contributed by atoms with E-state index in [2.05, 4.69) is 4.98 Å². The van der Waals surface area contributed by atoms with Gasteiger partial charge in [0.1, 0.15) is 0 Å². The standard InChI is InChI=1S/C12H18BNO3/c1-8-5-11(9(2)15)14-6-10(8)13-16-7-12(3,4)17-13/h5-6,9,15H,7H2,1-4H3/t9-/m1/s1. The van der Waals surface area contributed by atoms with Gasteiger partial charge in [-0.15, -0.1) is 0 Å². The van der Waals surface area contributed by atoms with E-state index in [0.29, 0.717) is 12.3 Å². The molecule has 1 fully saturated rings. The minimum absolute atomic E-state index is 0.250. The fourth-order valence-corrected chi connectivity index (χ4v) is 1.85. The van der Waals surface area contributed by atoms with Crippen LogP contribution in [0.2, 0.25) is 0 Å². The van der Waals surface area contributed by atoms with E-state index < -0.39 is 6.10 Å². The van der Waals surface area contributed by atoms with E-state index >= 15 is 0 Å². The third kappa shape index (κ3) is 2.68. The Morgan fingerprint density at radius 3 is 2.71 bits per heavy atom. The highest BCUT2D eigenvalue weighted by atomic mass is 16.7. The number of hydrogen-bond donors (Lipinski definition) is 1. The quantitative estimate of drug-likeness (QED) is 0.776. The van der Waals surface area contributed by atoms with Crippen molar-refractivity contribution in [3.05, 3.63) is 23.5 Å². The van der Waals surface area contributed by atoms with E-state index in [4.69, 9.17) is 9.31 Å². The second-order valence-corrected chi connectivity index (χ2v) is 5.16. The number of aliphatic hydroxyl groups is 1. The Labute approximate surface area is 102 Å². The van der Waals surface area contributed by atoms with Crippen LogP contribution >= 0.6 is 0 Å². The maximum absolute atomic E-state index is 9.46. The highest BCUT2D eigenvalue weighted by molar-refractivity contribution is 6.62. The van der Waals surface area contributed by atoms with E-state index in [0.717, 1.165) is 11.0 Å². The first-order valence-electron chi connectivity index (χ1n) is 5.83. The van der Waals surface area contributed by atoms with Crippen molar-refractivity contribution >= 4 is 12.6 Å². The van der Waals surface area contributed by atoms with Crippen molar-refractivity contribution in [3.8, 4) is 0 Å². The molecule has 0 spiro atoms. The van der Waals surface area contributed by atoms with Gasteiger partial charge in [0, 0.05) is 11.7 Å². The lowest BCUT2D eigenvalue weighted by Gasteiger charge is -2.16. The zero-order valence-corrected chi connectivity index (χ0v) is 10.7. The zero-order chi connectivity index (χ0) is 12.6. The third-order valence-corrected chi connectivity index (χ3v) is 2.86. The number of aromatic nitrogens is 1. The van der Waals surface area contributed by atoms with Crippen LogP contribution in [0.5, 0.6) is 0 Å². The third-order valence-electron chi connectivity index (χ3n) is 2.86. The van der Waals surface area contributed by atoms with Gasteiger partial charge in [0.25, 0.3) is 0 Å². The highest BCUT2D eigenvalue weighted by Gasteiger charge is 2.39. The van der Waals surface area contributed by atoms with Gasteiger partial charge in [0.2, 0.25) is 0 Å². The van der Waals surface area contributed by atoms with Crippen LogP contribution < -0.4 is 5.46 Å². The van der Waals surface area contributed by atoms with Gasteiger partial charge < -0.3 is 14.4 Å². The molecule has 0 aromatic carbocycles. The van der Waals surface area contributed by atoms with Gasteiger partial charge in [-0.2, -0.15) is 0 Å². The minimum atomic E-state index is -0.551. The molecule has 92 valence electrons. The summed E-state index contributed by atoms with van der Waals surface area (Å²) < 4.78 is 11.4. The Balaban J connectivity index is 2.23. The van der Waals surface area contributed by atoms with Gasteiger partial charge in [0.05, 0.1) is 24.0 Å². The molecule has 0 bridgehead atoms. The molecule has 5 heteroatoms. The van der Waals surface area contributed by atoms with Crippen molar-refractivity contribution in [1.29, 1.82) is 0 Å². The first kappa shape index (κ1) is 12.5. The van der Waals surface area contributed by atoms with Crippen LogP contribution in [0.25, 0.3) is 0 Å². The van der Waals surface area contributed by atoms with Gasteiger partial charge in [0.15, 0.2) is 0 Å². The second-order valence-electron chi connectivity index (χ2n) is 5.16. The summed E-state index contributed by atoms with van der Waals surface area (Å²) >= 11 is 0. The topological polar surface area (TPSA) is 51.6 Å². The minimum Gasteiger partial charge on any atom is -0.404 e. The first-order chi connectivity index (χ1) is 7.89. The molecule has 1 aromatic heterocycles. The monoisotopic (exact) mass is 235 g/mol. The van der Waals surface area contributed by atoms with Crippen molar-refractivity contribution in [3.63, 3.8) is 0 Å². The maximum atomic E-state index is 9.46. The van der Waals surface area contributed by atoms with Crippen LogP contribution in [0.3, 0.4) is 0 Å². The van der Waals surface area contributed by atoms with E-state index in [1.807, 2.05) is 26.8 Å². The lowest BCUT2D eigenvalue weighted by Crippen LogP contribution is -2.36. The maximum Gasteiger partial charge on any atom is 0.496 e. The summed E-state index contributed by atoms with van der Waals surface area (Å²) in [6.45, 7) is 8.25. The molecule has 0 unspecified atom stereocenters. The number of aryl methyl sites for hydroxylation is 1. The fourth-order valence-electron chi connectivity index (χ4n) is 1.85. The van der Waals surface area contributed by atoms with E-state index in [-0.39, 0.29) is 12.7 Å². The van der Waals surface area contributed by atoms with Crippen molar-refractivity contribution < 1.29 is 14.4 Å². The van der Waals surface area contributed by atoms with Crippen LogP contribution in [0.4, 0.5) is 0 Å². The second kappa shape index (κ2) is 4.40. The van der Waals surface area contributed by atoms with Gasteiger partial charge in [-0.25, -0.2) is 0 Å². The summed E-state index contributed by atoms with van der Waals surface area (Å²) in [5.41, 5.74) is 2.38. The number of pyridine rings is 1. The van der Waals surface area contributed by atoms with E-state index in [9.17, 15) is 5.11 Å². The van der Waals surface area contributed by atoms with E-state index in [1.54, 1.807) is 13.1 Å². The number of nitrogens with zero attached hydrogens (tertiary/aromatic N) is 1. The molecule has 0 aliphatic carbocycles. The molecular weight excluding hydrogens is 217 g/mol. The molecule has 0 saturated carbocycles. The summed E-state index contributed by atoms with van der Waals surface area (Å²) in [5.74, 6) is 0. The first-order valence-corrected chi connectivity index (χ1v) is 5.83. The molecule has 1 atom stereocenters.